The molecule has 0 aliphatic heterocycles. The molecule has 2 heterocycles. The molecule has 0 nitrogen and oxygen atoms in total. The van der Waals surface area contributed by atoms with Crippen molar-refractivity contribution in [3.8, 4) is 77.9 Å². The van der Waals surface area contributed by atoms with Crippen LogP contribution in [0.5, 0.6) is 0 Å². The summed E-state index contributed by atoms with van der Waals surface area (Å²) >= 11 is 3.81. The topological polar surface area (TPSA) is 0 Å². The van der Waals surface area contributed by atoms with Crippen molar-refractivity contribution in [3.63, 3.8) is 0 Å². The van der Waals surface area contributed by atoms with E-state index in [2.05, 4.69) is 328 Å². The van der Waals surface area contributed by atoms with Gasteiger partial charge in [-0.3, -0.25) is 0 Å². The number of benzene rings is 18. The molecular formula is C92H54S2. The van der Waals surface area contributed by atoms with E-state index in [4.69, 9.17) is 0 Å². The van der Waals surface area contributed by atoms with E-state index in [0.29, 0.717) is 0 Å². The Bertz CT molecular complexity index is 6480. The number of fused-ring (bicyclic) bond motifs is 16. The largest absolute Gasteiger partial charge is 0.135 e. The predicted octanol–water partition coefficient (Wildman–Crippen LogP) is 27.3. The van der Waals surface area contributed by atoms with Crippen LogP contribution in [0, 0.1) is 0 Å². The lowest BCUT2D eigenvalue weighted by Crippen LogP contribution is -1.92. The maximum Gasteiger partial charge on any atom is 0.0434 e. The molecule has 2 heteroatoms. The molecule has 0 N–H and O–H groups in total. The summed E-state index contributed by atoms with van der Waals surface area (Å²) in [5.41, 5.74) is 17.4. The van der Waals surface area contributed by atoms with E-state index in [0.717, 1.165) is 0 Å². The fourth-order valence-electron chi connectivity index (χ4n) is 16.1. The molecule has 94 heavy (non-hydrogen) atoms. The third-order valence-electron chi connectivity index (χ3n) is 20.2. The van der Waals surface area contributed by atoms with Crippen LogP contribution in [-0.2, 0) is 0 Å². The molecule has 0 bridgehead atoms. The quantitative estimate of drug-likeness (QED) is 0.140. The minimum Gasteiger partial charge on any atom is -0.135 e. The number of hydrogen-bond donors (Lipinski definition) is 0. The van der Waals surface area contributed by atoms with Gasteiger partial charge in [0, 0.05) is 40.3 Å². The first-order valence-electron chi connectivity index (χ1n) is 32.4. The monoisotopic (exact) mass is 1220 g/mol. The summed E-state index contributed by atoms with van der Waals surface area (Å²) in [4.78, 5) is 0. The van der Waals surface area contributed by atoms with Crippen molar-refractivity contribution in [2.45, 2.75) is 0 Å². The molecule has 0 amide bonds. The second kappa shape index (κ2) is 21.0. The van der Waals surface area contributed by atoms with Crippen molar-refractivity contribution in [2.75, 3.05) is 0 Å². The van der Waals surface area contributed by atoms with Crippen LogP contribution in [0.4, 0.5) is 0 Å². The molecule has 2 aromatic heterocycles. The van der Waals surface area contributed by atoms with Crippen LogP contribution in [0.15, 0.2) is 328 Å². The molecule has 0 atom stereocenters. The summed E-state index contributed by atoms with van der Waals surface area (Å²) < 4.78 is 5.29. The molecule has 0 aliphatic carbocycles. The van der Waals surface area contributed by atoms with Gasteiger partial charge in [-0.15, -0.1) is 22.7 Å². The average Bonchev–Trinajstić information content (AvgIpc) is 1.28. The van der Waals surface area contributed by atoms with Gasteiger partial charge in [-0.1, -0.05) is 297 Å². The Balaban J connectivity index is 0.668. The third kappa shape index (κ3) is 8.10. The Morgan fingerprint density at radius 1 is 0.160 bits per heavy atom. The normalized spacial score (nSPS) is 12.0. The van der Waals surface area contributed by atoms with E-state index in [-0.39, 0.29) is 0 Å². The zero-order valence-corrected chi connectivity index (χ0v) is 52.6. The fourth-order valence-corrected chi connectivity index (χ4v) is 18.6. The molecule has 20 aromatic rings. The highest BCUT2D eigenvalue weighted by Crippen LogP contribution is 2.51. The van der Waals surface area contributed by atoms with Crippen LogP contribution in [0.25, 0.3) is 204 Å². The fraction of sp³-hybridized carbons (Fsp3) is 0. The van der Waals surface area contributed by atoms with E-state index in [1.807, 2.05) is 22.7 Å². The maximum atomic E-state index is 2.43. The van der Waals surface area contributed by atoms with Crippen LogP contribution in [0.2, 0.25) is 0 Å². The molecule has 0 aliphatic rings. The summed E-state index contributed by atoms with van der Waals surface area (Å²) in [7, 11) is 0. The van der Waals surface area contributed by atoms with Gasteiger partial charge in [0.2, 0.25) is 0 Å². The van der Waals surface area contributed by atoms with Crippen LogP contribution in [0.1, 0.15) is 0 Å². The smallest absolute Gasteiger partial charge is 0.0434 e. The van der Waals surface area contributed by atoms with Gasteiger partial charge in [-0.05, 0) is 194 Å². The molecule has 0 saturated carbocycles. The van der Waals surface area contributed by atoms with E-state index in [9.17, 15) is 0 Å². The predicted molar refractivity (Wildman–Crippen MR) is 410 cm³/mol. The van der Waals surface area contributed by atoms with Crippen LogP contribution >= 0.6 is 22.7 Å². The first kappa shape index (κ1) is 53.2. The molecule has 0 spiro atoms. The maximum absolute atomic E-state index is 2.43. The Morgan fingerprint density at radius 3 is 1.12 bits per heavy atom. The van der Waals surface area contributed by atoms with Gasteiger partial charge < -0.3 is 0 Å². The third-order valence-corrected chi connectivity index (χ3v) is 22.6. The molecule has 434 valence electrons. The number of thiophene rings is 2. The summed E-state index contributed by atoms with van der Waals surface area (Å²) in [6.07, 6.45) is 0. The second-order valence-electron chi connectivity index (χ2n) is 25.2. The van der Waals surface area contributed by atoms with Crippen LogP contribution in [-0.4, -0.2) is 0 Å². The standard InChI is InChI=1S/C92H54S2/c1-2-20-59-52-64(45-40-55(59)18-1)87-75-26-7-5-24-73(75)86(74-25-6-8-27-76(74)87)63-22-13-21-60(54-63)67-34-17-39-84-90(67)82-51-48-62-53-61(47-49-69(62)92(82)94-84)65-32-14-36-71-70(65)35-15-37-72(71)88-79-30-11-9-28-77(79)85(78-29-10-12-31-80(78)88)58-43-41-57(42-44-58)66-33-16-38-83-89(66)81-50-46-56-19-3-4-23-68(56)91(81)93-83/h1-54H. The molecule has 0 unspecified atom stereocenters. The highest BCUT2D eigenvalue weighted by atomic mass is 32.1. The van der Waals surface area contributed by atoms with Crippen molar-refractivity contribution in [3.05, 3.63) is 328 Å². The molecular weight excluding hydrogens is 1170 g/mol. The van der Waals surface area contributed by atoms with E-state index in [1.165, 1.54) is 204 Å². The van der Waals surface area contributed by atoms with Crippen molar-refractivity contribution in [1.29, 1.82) is 0 Å². The molecule has 0 fully saturated rings. The molecule has 0 radical (unpaired) electrons. The van der Waals surface area contributed by atoms with Gasteiger partial charge in [-0.2, -0.15) is 0 Å². The van der Waals surface area contributed by atoms with Gasteiger partial charge >= 0.3 is 0 Å². The average molecular weight is 1220 g/mol. The van der Waals surface area contributed by atoms with Gasteiger partial charge in [0.15, 0.2) is 0 Å². The lowest BCUT2D eigenvalue weighted by atomic mass is 9.84. The minimum absolute atomic E-state index is 1.21. The number of rotatable bonds is 7. The summed E-state index contributed by atoms with van der Waals surface area (Å²) in [5, 5.41) is 25.4. The summed E-state index contributed by atoms with van der Waals surface area (Å²) in [6.45, 7) is 0. The molecule has 0 saturated heterocycles. The van der Waals surface area contributed by atoms with Crippen LogP contribution in [0.3, 0.4) is 0 Å². The number of hydrogen-bond acceptors (Lipinski definition) is 2. The Hall–Kier alpha value is -11.5. The van der Waals surface area contributed by atoms with E-state index < -0.39 is 0 Å². The zero-order valence-electron chi connectivity index (χ0n) is 51.0. The Morgan fingerprint density at radius 2 is 0.511 bits per heavy atom. The molecule has 18 aromatic carbocycles. The summed E-state index contributed by atoms with van der Waals surface area (Å²) in [5.74, 6) is 0. The highest BCUT2D eigenvalue weighted by Gasteiger charge is 2.23. The van der Waals surface area contributed by atoms with E-state index in [1.54, 1.807) is 0 Å². The Kier molecular flexibility index (Phi) is 11.9. The lowest BCUT2D eigenvalue weighted by molar-refractivity contribution is 1.64. The van der Waals surface area contributed by atoms with Crippen molar-refractivity contribution in [1.82, 2.24) is 0 Å². The highest BCUT2D eigenvalue weighted by molar-refractivity contribution is 7.27. The van der Waals surface area contributed by atoms with Crippen LogP contribution < -0.4 is 0 Å². The minimum atomic E-state index is 1.21. The van der Waals surface area contributed by atoms with Gasteiger partial charge in [-0.25, -0.2) is 0 Å². The van der Waals surface area contributed by atoms with Gasteiger partial charge in [0.25, 0.3) is 0 Å². The van der Waals surface area contributed by atoms with Crippen molar-refractivity contribution >= 4 is 149 Å². The first-order chi connectivity index (χ1) is 46.6. The van der Waals surface area contributed by atoms with Gasteiger partial charge in [0.05, 0.1) is 0 Å². The zero-order chi connectivity index (χ0) is 61.5. The van der Waals surface area contributed by atoms with Crippen molar-refractivity contribution in [2.24, 2.45) is 0 Å². The lowest BCUT2D eigenvalue weighted by Gasteiger charge is -2.19. The van der Waals surface area contributed by atoms with Gasteiger partial charge in [0.1, 0.15) is 0 Å². The molecule has 20 rings (SSSR count). The SMILES string of the molecule is c1cc(-c2c3ccccc3c(-c3ccc4ccccc4c3)c3ccccc23)cc(-c2cccc3sc4c5ccc(-c6cccc7c(-c8c9ccccc9c(-c9ccc(-c%10cccc%11sc%12c%13ccccc%13ccc%12c%10%11)cc9)c9ccccc89)cccc67)cc5ccc4c23)c1. The van der Waals surface area contributed by atoms with Crippen molar-refractivity contribution < 1.29 is 0 Å². The summed E-state index contributed by atoms with van der Waals surface area (Å²) in [6, 6.07) is 123. The first-order valence-corrected chi connectivity index (χ1v) is 34.1. The van der Waals surface area contributed by atoms with E-state index >= 15 is 0 Å². The Labute approximate surface area is 550 Å². The second-order valence-corrected chi connectivity index (χ2v) is 27.3.